The first-order valence-corrected chi connectivity index (χ1v) is 18.3. The minimum atomic E-state index is -1.69. The molecule has 3 aliphatic heterocycles. The van der Waals surface area contributed by atoms with Gasteiger partial charge in [-0.15, -0.1) is 0 Å². The first-order valence-electron chi connectivity index (χ1n) is 18.3. The molecule has 3 rings (SSSR count). The molecule has 14 heteroatoms. The number of rotatable bonds is 7. The van der Waals surface area contributed by atoms with Gasteiger partial charge < -0.3 is 59.4 Å². The summed E-state index contributed by atoms with van der Waals surface area (Å²) in [7, 11) is 3.25. The van der Waals surface area contributed by atoms with E-state index in [9.17, 15) is 30.4 Å². The number of aliphatic hydroxyl groups excluding tert-OH is 3. The lowest BCUT2D eigenvalue weighted by atomic mass is 9.74. The molecule has 50 heavy (non-hydrogen) atoms. The molecule has 18 atom stereocenters. The van der Waals surface area contributed by atoms with Gasteiger partial charge in [-0.1, -0.05) is 39.8 Å². The molecule has 0 spiro atoms. The van der Waals surface area contributed by atoms with Crippen LogP contribution in [0.5, 0.6) is 0 Å². The van der Waals surface area contributed by atoms with E-state index in [4.69, 9.17) is 28.4 Å². The van der Waals surface area contributed by atoms with Crippen LogP contribution in [0, 0.1) is 29.6 Å². The maximum absolute atomic E-state index is 14.1. The van der Waals surface area contributed by atoms with Crippen LogP contribution in [0.25, 0.3) is 0 Å². The third-order valence-corrected chi connectivity index (χ3v) is 11.7. The van der Waals surface area contributed by atoms with Gasteiger partial charge in [-0.05, 0) is 60.9 Å². The van der Waals surface area contributed by atoms with Crippen LogP contribution in [-0.4, -0.2) is 130 Å². The number of likely N-dealkylation sites (N-methyl/N-ethyl adjacent to an activating group) is 1. The Bertz CT molecular complexity index is 1130. The predicted molar refractivity (Wildman–Crippen MR) is 184 cm³/mol. The molecule has 292 valence electrons. The molecule has 6 N–H and O–H groups in total. The van der Waals surface area contributed by atoms with Gasteiger partial charge in [0.05, 0.1) is 53.4 Å². The van der Waals surface area contributed by atoms with Crippen molar-refractivity contribution in [1.82, 2.24) is 5.32 Å². The van der Waals surface area contributed by atoms with Gasteiger partial charge in [0.2, 0.25) is 0 Å². The number of hydrogen-bond donors (Lipinski definition) is 6. The van der Waals surface area contributed by atoms with Crippen molar-refractivity contribution >= 4 is 11.7 Å². The zero-order valence-electron chi connectivity index (χ0n) is 32.1. The Hall–Kier alpha value is -1.46. The van der Waals surface area contributed by atoms with Gasteiger partial charge >= 0.3 is 5.97 Å². The number of carbonyl (C=O) groups is 1. The highest BCUT2D eigenvalue weighted by molar-refractivity contribution is 5.88. The van der Waals surface area contributed by atoms with Gasteiger partial charge in [0.15, 0.2) is 12.6 Å². The zero-order chi connectivity index (χ0) is 37.9. The number of esters is 1. The monoisotopic (exact) mass is 718 g/mol. The van der Waals surface area contributed by atoms with Crippen LogP contribution in [0.3, 0.4) is 0 Å². The van der Waals surface area contributed by atoms with Gasteiger partial charge in [0.1, 0.15) is 18.3 Å². The van der Waals surface area contributed by atoms with Crippen LogP contribution in [0.1, 0.15) is 94.9 Å². The van der Waals surface area contributed by atoms with Gasteiger partial charge in [0.25, 0.3) is 0 Å². The van der Waals surface area contributed by atoms with Crippen molar-refractivity contribution < 1.29 is 58.8 Å². The Morgan fingerprint density at radius 2 is 1.58 bits per heavy atom. The highest BCUT2D eigenvalue weighted by Crippen LogP contribution is 2.40. The minimum absolute atomic E-state index is 0.0221. The van der Waals surface area contributed by atoms with Crippen molar-refractivity contribution in [1.29, 1.82) is 0 Å². The molecule has 0 aromatic heterocycles. The van der Waals surface area contributed by atoms with Gasteiger partial charge in [-0.25, -0.2) is 0 Å². The van der Waals surface area contributed by atoms with Crippen molar-refractivity contribution in [2.45, 2.75) is 174 Å². The van der Waals surface area contributed by atoms with Crippen LogP contribution in [0.15, 0.2) is 5.16 Å². The maximum Gasteiger partial charge on any atom is 0.311 e. The lowest BCUT2D eigenvalue weighted by molar-refractivity contribution is -0.315. The van der Waals surface area contributed by atoms with E-state index in [0.717, 1.165) is 0 Å². The first kappa shape index (κ1) is 42.9. The van der Waals surface area contributed by atoms with E-state index < -0.39 is 102 Å². The predicted octanol–water partition coefficient (Wildman–Crippen LogP) is 2.59. The average molecular weight is 719 g/mol. The number of nitrogens with zero attached hydrogens (tertiary/aromatic N) is 1. The topological polar surface area (TPSA) is 198 Å². The summed E-state index contributed by atoms with van der Waals surface area (Å²) in [4.78, 5) is 14.1. The number of methoxy groups -OCH3 is 1. The summed E-state index contributed by atoms with van der Waals surface area (Å²) in [6.45, 7) is 17.6. The molecule has 0 aliphatic carbocycles. The normalized spacial score (nSPS) is 49.7. The molecular formula is C36H66N2O12. The van der Waals surface area contributed by atoms with E-state index >= 15 is 0 Å². The molecule has 0 aromatic rings. The molecule has 0 aromatic carbocycles. The van der Waals surface area contributed by atoms with Gasteiger partial charge in [-0.2, -0.15) is 0 Å². The van der Waals surface area contributed by atoms with Crippen molar-refractivity contribution in [3.05, 3.63) is 0 Å². The molecule has 14 nitrogen and oxygen atoms in total. The molecule has 3 aliphatic rings. The zero-order valence-corrected chi connectivity index (χ0v) is 32.1. The van der Waals surface area contributed by atoms with Crippen molar-refractivity contribution in [3.63, 3.8) is 0 Å². The van der Waals surface area contributed by atoms with E-state index in [2.05, 4.69) is 10.5 Å². The second-order valence-electron chi connectivity index (χ2n) is 15.7. The Kier molecular flexibility index (Phi) is 15.1. The summed E-state index contributed by atoms with van der Waals surface area (Å²) in [6, 6.07) is -0.346. The van der Waals surface area contributed by atoms with E-state index in [1.165, 1.54) is 7.11 Å². The largest absolute Gasteiger partial charge is 0.462 e. The lowest BCUT2D eigenvalue weighted by Crippen LogP contribution is -2.60. The van der Waals surface area contributed by atoms with Crippen LogP contribution in [0.4, 0.5) is 0 Å². The van der Waals surface area contributed by atoms with Crippen molar-refractivity contribution in [2.75, 3.05) is 14.2 Å². The number of cyclic esters (lactones) is 1. The first-order chi connectivity index (χ1) is 23.3. The van der Waals surface area contributed by atoms with Crippen LogP contribution >= 0.6 is 0 Å². The summed E-state index contributed by atoms with van der Waals surface area (Å²) in [6.07, 6.45) is -7.77. The molecule has 0 amide bonds. The molecular weight excluding hydrogens is 652 g/mol. The average Bonchev–Trinajstić information content (AvgIpc) is 3.06. The van der Waals surface area contributed by atoms with Gasteiger partial charge in [-0.3, -0.25) is 4.79 Å². The molecule has 0 radical (unpaired) electrons. The molecule has 0 saturated carbocycles. The third kappa shape index (κ3) is 9.36. The SMILES string of the molecule is CC[C@H]1OC(=O)[C@H](C)[C@@H](O[C@H]2C[C@@](C)(OC)[C@@H](O)[C@H](C)O2)[C@H](C)[C@@H](O[C@H]2O[C@H](C)C[C@H](NC)[C@H]2O)[C@](C)(O)C[C@@H](C)/C(=N\O)[C@H](C)[C@@H](O)[C@H]1C. The summed E-state index contributed by atoms with van der Waals surface area (Å²) in [5, 5.41) is 63.0. The molecule has 3 saturated heterocycles. The fourth-order valence-electron chi connectivity index (χ4n) is 8.36. The fourth-order valence-corrected chi connectivity index (χ4v) is 8.36. The summed E-state index contributed by atoms with van der Waals surface area (Å²) >= 11 is 0. The molecule has 3 heterocycles. The smallest absolute Gasteiger partial charge is 0.311 e. The third-order valence-electron chi connectivity index (χ3n) is 11.7. The van der Waals surface area contributed by atoms with Crippen molar-refractivity contribution in [2.24, 2.45) is 34.7 Å². The van der Waals surface area contributed by atoms with E-state index in [1.54, 1.807) is 62.4 Å². The van der Waals surface area contributed by atoms with E-state index in [1.807, 2.05) is 13.8 Å². The molecule has 0 unspecified atom stereocenters. The van der Waals surface area contributed by atoms with Crippen LogP contribution in [-0.2, 0) is 33.2 Å². The molecule has 0 bridgehead atoms. The second-order valence-corrected chi connectivity index (χ2v) is 15.7. The lowest BCUT2D eigenvalue weighted by Gasteiger charge is -2.48. The summed E-state index contributed by atoms with van der Waals surface area (Å²) in [5.74, 6) is -3.99. The number of ether oxygens (including phenoxy) is 6. The quantitative estimate of drug-likeness (QED) is 0.128. The fraction of sp³-hybridized carbons (Fsp3) is 0.944. The minimum Gasteiger partial charge on any atom is -0.462 e. The maximum atomic E-state index is 14.1. The van der Waals surface area contributed by atoms with E-state index in [0.29, 0.717) is 12.8 Å². The Balaban J connectivity index is 2.17. The standard InChI is InChI=1S/C36H66N2O12/c1-13-25-19(4)28(39)20(5)27(38-44)17(2)15-35(9,43)32(50-34-29(40)24(37-11)14-18(3)46-34)21(6)30(22(7)33(42)48-25)49-26-16-36(10,45-12)31(41)23(8)47-26/h17-26,28-32,34,37,39-41,43-44H,13-16H2,1-12H3/b38-27+/t17-,18-,19+,20+,21+,22-,23+,24+,25-,26+,28+,29-,30+,31+,32-,34-,35-,36-/m1/s1. The number of nitrogens with one attached hydrogen (secondary N) is 1. The number of carbonyl (C=O) groups excluding carboxylic acids is 1. The summed E-state index contributed by atoms with van der Waals surface area (Å²) < 4.78 is 37.3. The number of hydrogen-bond acceptors (Lipinski definition) is 14. The van der Waals surface area contributed by atoms with Gasteiger partial charge in [0, 0.05) is 43.2 Å². The summed E-state index contributed by atoms with van der Waals surface area (Å²) in [5.41, 5.74) is -2.43. The highest BCUT2D eigenvalue weighted by atomic mass is 16.7. The van der Waals surface area contributed by atoms with E-state index in [-0.39, 0.29) is 30.7 Å². The van der Waals surface area contributed by atoms with Crippen molar-refractivity contribution in [3.8, 4) is 0 Å². The highest BCUT2D eigenvalue weighted by Gasteiger charge is 2.52. The Labute approximate surface area is 298 Å². The molecule has 3 fully saturated rings. The number of oxime groups is 1. The Morgan fingerprint density at radius 1 is 0.940 bits per heavy atom. The Morgan fingerprint density at radius 3 is 2.14 bits per heavy atom. The second kappa shape index (κ2) is 17.6. The van der Waals surface area contributed by atoms with Crippen LogP contribution < -0.4 is 5.32 Å². The number of aliphatic hydroxyl groups is 4. The van der Waals surface area contributed by atoms with Crippen LogP contribution in [0.2, 0.25) is 0 Å².